The molecule has 0 aromatic heterocycles. The van der Waals surface area contributed by atoms with Crippen molar-refractivity contribution in [2.75, 3.05) is 24.5 Å². The van der Waals surface area contributed by atoms with Gasteiger partial charge in [0, 0.05) is 24.1 Å². The van der Waals surface area contributed by atoms with Gasteiger partial charge in [-0.1, -0.05) is 18.2 Å². The molecule has 2 N–H and O–H groups in total. The van der Waals surface area contributed by atoms with Crippen LogP contribution in [0.1, 0.15) is 0 Å². The van der Waals surface area contributed by atoms with Crippen LogP contribution < -0.4 is 10.2 Å². The predicted octanol–water partition coefficient (Wildman–Crippen LogP) is 3.05. The van der Waals surface area contributed by atoms with E-state index in [4.69, 9.17) is 9.90 Å². The zero-order valence-corrected chi connectivity index (χ0v) is 13.2. The Bertz CT molecular complexity index is 523. The number of nitrogens with one attached hydrogen (secondary N) is 1. The normalized spacial score (nSPS) is 18.2. The summed E-state index contributed by atoms with van der Waals surface area (Å²) in [5, 5.41) is 10.5. The Balaban J connectivity index is 0.000000295. The Labute approximate surface area is 134 Å². The number of rotatable bonds is 2. The largest absolute Gasteiger partial charge is 0.490 e. The highest BCUT2D eigenvalue weighted by Crippen LogP contribution is 2.27. The summed E-state index contributed by atoms with van der Waals surface area (Å²) in [7, 11) is 0. The molecule has 1 atom stereocenters. The Morgan fingerprint density at radius 3 is 2.55 bits per heavy atom. The van der Waals surface area contributed by atoms with Crippen molar-refractivity contribution in [3.63, 3.8) is 0 Å². The van der Waals surface area contributed by atoms with Crippen LogP contribution in [0.15, 0.2) is 41.4 Å². The fourth-order valence-electron chi connectivity index (χ4n) is 1.92. The lowest BCUT2D eigenvalue weighted by atomic mass is 10.1. The Kier molecular flexibility index (Phi) is 6.89. The second-order valence-electron chi connectivity index (χ2n) is 4.45. The number of carboxylic acids is 1. The number of carbonyl (C=O) groups is 1. The van der Waals surface area contributed by atoms with Gasteiger partial charge in [0.05, 0.1) is 11.7 Å². The molecule has 122 valence electrons. The van der Waals surface area contributed by atoms with Crippen LogP contribution in [-0.2, 0) is 4.79 Å². The highest BCUT2D eigenvalue weighted by atomic mass is 79.9. The minimum Gasteiger partial charge on any atom is -0.475 e. The first-order valence-corrected chi connectivity index (χ1v) is 7.21. The molecule has 1 aromatic rings. The monoisotopic (exact) mass is 380 g/mol. The minimum absolute atomic E-state index is 0.387. The SMILES string of the molecule is C=CC1CNCCN1c1ccccc1Br.O=C(O)C(F)(F)F. The third-order valence-electron chi connectivity index (χ3n) is 2.96. The number of nitrogens with zero attached hydrogens (tertiary/aromatic N) is 1. The van der Waals surface area contributed by atoms with Crippen molar-refractivity contribution in [3.8, 4) is 0 Å². The average Bonchev–Trinajstić information content (AvgIpc) is 2.47. The van der Waals surface area contributed by atoms with Gasteiger partial charge in [-0.05, 0) is 28.1 Å². The van der Waals surface area contributed by atoms with Crippen molar-refractivity contribution in [2.45, 2.75) is 12.2 Å². The van der Waals surface area contributed by atoms with E-state index in [0.29, 0.717) is 6.04 Å². The van der Waals surface area contributed by atoms with Crippen molar-refractivity contribution in [3.05, 3.63) is 41.4 Å². The summed E-state index contributed by atoms with van der Waals surface area (Å²) in [5.41, 5.74) is 1.25. The lowest BCUT2D eigenvalue weighted by Crippen LogP contribution is -2.50. The van der Waals surface area contributed by atoms with Gasteiger partial charge in [-0.25, -0.2) is 4.79 Å². The van der Waals surface area contributed by atoms with Crippen LogP contribution in [0.25, 0.3) is 0 Å². The summed E-state index contributed by atoms with van der Waals surface area (Å²) >= 11 is 3.59. The zero-order valence-electron chi connectivity index (χ0n) is 11.6. The smallest absolute Gasteiger partial charge is 0.475 e. The van der Waals surface area contributed by atoms with E-state index in [9.17, 15) is 13.2 Å². The van der Waals surface area contributed by atoms with E-state index in [1.165, 1.54) is 5.69 Å². The van der Waals surface area contributed by atoms with Crippen LogP contribution >= 0.6 is 15.9 Å². The zero-order chi connectivity index (χ0) is 16.8. The first-order chi connectivity index (χ1) is 10.3. The van der Waals surface area contributed by atoms with Gasteiger partial charge in [-0.3, -0.25) is 0 Å². The van der Waals surface area contributed by atoms with Crippen LogP contribution in [0.4, 0.5) is 18.9 Å². The first-order valence-electron chi connectivity index (χ1n) is 6.42. The molecule has 0 saturated carbocycles. The molecule has 1 fully saturated rings. The number of piperazine rings is 1. The third kappa shape index (κ3) is 5.34. The maximum atomic E-state index is 10.6. The Morgan fingerprint density at radius 2 is 2.05 bits per heavy atom. The van der Waals surface area contributed by atoms with Crippen LogP contribution in [0.5, 0.6) is 0 Å². The molecule has 1 aromatic carbocycles. The van der Waals surface area contributed by atoms with Gasteiger partial charge in [0.2, 0.25) is 0 Å². The lowest BCUT2D eigenvalue weighted by Gasteiger charge is -2.36. The number of hydrogen-bond donors (Lipinski definition) is 2. The van der Waals surface area contributed by atoms with Crippen LogP contribution in [0.3, 0.4) is 0 Å². The lowest BCUT2D eigenvalue weighted by molar-refractivity contribution is -0.192. The molecule has 0 bridgehead atoms. The van der Waals surface area contributed by atoms with E-state index in [1.54, 1.807) is 0 Å². The van der Waals surface area contributed by atoms with Crippen molar-refractivity contribution in [1.29, 1.82) is 0 Å². The molecular weight excluding hydrogens is 365 g/mol. The van der Waals surface area contributed by atoms with E-state index in [1.807, 2.05) is 12.1 Å². The molecule has 0 amide bonds. The second kappa shape index (κ2) is 8.19. The topological polar surface area (TPSA) is 52.6 Å². The average molecular weight is 381 g/mol. The molecule has 22 heavy (non-hydrogen) atoms. The van der Waals surface area contributed by atoms with E-state index in [2.05, 4.69) is 50.9 Å². The van der Waals surface area contributed by atoms with Gasteiger partial charge in [0.1, 0.15) is 0 Å². The first kappa shape index (κ1) is 18.5. The maximum absolute atomic E-state index is 10.6. The molecule has 0 spiro atoms. The minimum atomic E-state index is -5.08. The van der Waals surface area contributed by atoms with Gasteiger partial charge in [0.25, 0.3) is 0 Å². The summed E-state index contributed by atoms with van der Waals surface area (Å²) in [5.74, 6) is -2.76. The summed E-state index contributed by atoms with van der Waals surface area (Å²) in [6, 6.07) is 8.72. The van der Waals surface area contributed by atoms with Crippen LogP contribution in [0.2, 0.25) is 0 Å². The third-order valence-corrected chi connectivity index (χ3v) is 3.63. The van der Waals surface area contributed by atoms with Gasteiger partial charge in [0.15, 0.2) is 0 Å². The number of carboxylic acid groups (broad SMARTS) is 1. The van der Waals surface area contributed by atoms with Gasteiger partial charge in [-0.2, -0.15) is 13.2 Å². The quantitative estimate of drug-likeness (QED) is 0.774. The molecule has 1 aliphatic rings. The molecule has 1 heterocycles. The van der Waals surface area contributed by atoms with Crippen molar-refractivity contribution in [2.24, 2.45) is 0 Å². The summed E-state index contributed by atoms with van der Waals surface area (Å²) in [6.45, 7) is 6.93. The number of halogens is 4. The standard InChI is InChI=1S/C12H15BrN2.C2HF3O2/c1-2-10-9-14-7-8-15(10)12-6-4-3-5-11(12)13;3-2(4,5)1(6)7/h2-6,10,14H,1,7-9H2;(H,6,7). The van der Waals surface area contributed by atoms with Gasteiger partial charge >= 0.3 is 12.1 Å². The van der Waals surface area contributed by atoms with E-state index in [0.717, 1.165) is 24.1 Å². The number of aliphatic carboxylic acids is 1. The number of alkyl halides is 3. The van der Waals surface area contributed by atoms with E-state index >= 15 is 0 Å². The fourth-order valence-corrected chi connectivity index (χ4v) is 2.43. The van der Waals surface area contributed by atoms with Gasteiger partial charge in [-0.15, -0.1) is 6.58 Å². The van der Waals surface area contributed by atoms with E-state index in [-0.39, 0.29) is 0 Å². The van der Waals surface area contributed by atoms with Crippen LogP contribution in [0, 0.1) is 0 Å². The number of anilines is 1. The number of hydrogen-bond acceptors (Lipinski definition) is 3. The van der Waals surface area contributed by atoms with Crippen LogP contribution in [-0.4, -0.2) is 42.9 Å². The van der Waals surface area contributed by atoms with Gasteiger partial charge < -0.3 is 15.3 Å². The Morgan fingerprint density at radius 1 is 1.45 bits per heavy atom. The highest BCUT2D eigenvalue weighted by Gasteiger charge is 2.38. The number of benzene rings is 1. The molecule has 1 aliphatic heterocycles. The number of para-hydroxylation sites is 1. The van der Waals surface area contributed by atoms with E-state index < -0.39 is 12.1 Å². The predicted molar refractivity (Wildman–Crippen MR) is 82.0 cm³/mol. The molecule has 0 radical (unpaired) electrons. The maximum Gasteiger partial charge on any atom is 0.490 e. The summed E-state index contributed by atoms with van der Waals surface area (Å²) in [6.07, 6.45) is -3.08. The van der Waals surface area contributed by atoms with Crippen molar-refractivity contribution >= 4 is 27.6 Å². The fraction of sp³-hybridized carbons (Fsp3) is 0.357. The van der Waals surface area contributed by atoms with Crippen molar-refractivity contribution in [1.82, 2.24) is 5.32 Å². The molecule has 1 saturated heterocycles. The van der Waals surface area contributed by atoms with Crippen molar-refractivity contribution < 1.29 is 23.1 Å². The molecule has 0 aliphatic carbocycles. The molecule has 4 nitrogen and oxygen atoms in total. The summed E-state index contributed by atoms with van der Waals surface area (Å²) in [4.78, 5) is 11.3. The second-order valence-corrected chi connectivity index (χ2v) is 5.31. The Hall–Kier alpha value is -1.54. The highest BCUT2D eigenvalue weighted by molar-refractivity contribution is 9.10. The molecule has 1 unspecified atom stereocenters. The molecular formula is C14H16BrF3N2O2. The molecule has 8 heteroatoms. The molecule has 2 rings (SSSR count). The summed E-state index contributed by atoms with van der Waals surface area (Å²) < 4.78 is 32.9.